The van der Waals surface area contributed by atoms with E-state index in [-0.39, 0.29) is 31.7 Å². The van der Waals surface area contributed by atoms with Crippen molar-refractivity contribution >= 4 is 29.5 Å². The molecule has 48 heavy (non-hydrogen) atoms. The van der Waals surface area contributed by atoms with Crippen molar-refractivity contribution < 1.29 is 38.2 Å². The highest BCUT2D eigenvalue weighted by molar-refractivity contribution is 5.93. The van der Waals surface area contributed by atoms with Crippen molar-refractivity contribution in [2.24, 2.45) is 5.92 Å². The molecule has 0 bridgehead atoms. The molecular formula is C34H45FN6O7. The normalized spacial score (nSPS) is 23.6. The van der Waals surface area contributed by atoms with Gasteiger partial charge in [0.15, 0.2) is 0 Å². The molecule has 0 aromatic heterocycles. The number of morpholine rings is 1. The lowest BCUT2D eigenvalue weighted by atomic mass is 10.0. The van der Waals surface area contributed by atoms with E-state index in [1.807, 2.05) is 24.3 Å². The van der Waals surface area contributed by atoms with Crippen molar-refractivity contribution in [2.75, 3.05) is 32.9 Å². The van der Waals surface area contributed by atoms with Gasteiger partial charge in [-0.25, -0.2) is 4.39 Å². The zero-order valence-electron chi connectivity index (χ0n) is 27.3. The van der Waals surface area contributed by atoms with E-state index in [2.05, 4.69) is 31.5 Å². The number of aliphatic hydroxyl groups excluding tert-OH is 1. The molecule has 2 aromatic rings. The number of carbonyl (C=O) groups is 5. The molecule has 2 fully saturated rings. The van der Waals surface area contributed by atoms with Gasteiger partial charge < -0.3 is 36.4 Å². The van der Waals surface area contributed by atoms with Gasteiger partial charge in [-0.3, -0.25) is 28.9 Å². The Kier molecular flexibility index (Phi) is 13.4. The smallest absolute Gasteiger partial charge is 0.245 e. The summed E-state index contributed by atoms with van der Waals surface area (Å²) < 4.78 is 19.1. The summed E-state index contributed by atoms with van der Waals surface area (Å²) in [6, 6.07) is 8.45. The van der Waals surface area contributed by atoms with E-state index in [0.29, 0.717) is 18.8 Å². The highest BCUT2D eigenvalue weighted by Crippen LogP contribution is 2.19. The molecule has 260 valence electrons. The molecule has 13 nitrogen and oxygen atoms in total. The van der Waals surface area contributed by atoms with Crippen LogP contribution >= 0.6 is 0 Å². The molecule has 2 aliphatic heterocycles. The van der Waals surface area contributed by atoms with Gasteiger partial charge in [0.05, 0.1) is 32.3 Å². The molecule has 5 amide bonds. The Balaban J connectivity index is 1.53. The SMILES string of the molecule is CC(C)[C@H]1NC(=O)CC[C@@H](C(=O)NCc2cccc(CN3CCOCC3)c2)NC(=O)C[C@H](c2ccc(F)cc2)NC(=O)[C@H](CO)NC1=O. The predicted octanol–water partition coefficient (Wildman–Crippen LogP) is 0.418. The number of ether oxygens (including phenoxy) is 1. The summed E-state index contributed by atoms with van der Waals surface area (Å²) in [5.74, 6) is -4.03. The van der Waals surface area contributed by atoms with Crippen LogP contribution in [0.1, 0.15) is 55.8 Å². The summed E-state index contributed by atoms with van der Waals surface area (Å²) in [5, 5.41) is 23.3. The molecule has 0 unspecified atom stereocenters. The summed E-state index contributed by atoms with van der Waals surface area (Å²) in [4.78, 5) is 68.5. The molecule has 2 aliphatic rings. The number of hydrogen-bond donors (Lipinski definition) is 6. The van der Waals surface area contributed by atoms with Crippen LogP contribution in [0.2, 0.25) is 0 Å². The monoisotopic (exact) mass is 668 g/mol. The molecule has 0 saturated carbocycles. The Bertz CT molecular complexity index is 1430. The minimum atomic E-state index is -1.39. The molecule has 0 radical (unpaired) electrons. The largest absolute Gasteiger partial charge is 0.394 e. The minimum Gasteiger partial charge on any atom is -0.394 e. The maximum atomic E-state index is 13.7. The number of benzene rings is 2. The van der Waals surface area contributed by atoms with Gasteiger partial charge in [0.1, 0.15) is 23.9 Å². The van der Waals surface area contributed by atoms with E-state index in [0.717, 1.165) is 30.8 Å². The van der Waals surface area contributed by atoms with Crippen molar-refractivity contribution in [3.63, 3.8) is 0 Å². The van der Waals surface area contributed by atoms with Gasteiger partial charge >= 0.3 is 0 Å². The molecule has 4 atom stereocenters. The number of hydrogen-bond acceptors (Lipinski definition) is 8. The zero-order chi connectivity index (χ0) is 34.6. The number of halogens is 1. The lowest BCUT2D eigenvalue weighted by Gasteiger charge is -2.26. The third kappa shape index (κ3) is 10.8. The van der Waals surface area contributed by atoms with E-state index in [1.54, 1.807) is 13.8 Å². The van der Waals surface area contributed by atoms with Gasteiger partial charge in [-0.15, -0.1) is 0 Å². The fraction of sp³-hybridized carbons (Fsp3) is 0.500. The number of rotatable bonds is 8. The van der Waals surface area contributed by atoms with Gasteiger partial charge in [0.2, 0.25) is 29.5 Å². The number of aliphatic hydroxyl groups is 1. The fourth-order valence-electron chi connectivity index (χ4n) is 5.61. The third-order valence-corrected chi connectivity index (χ3v) is 8.34. The quantitative estimate of drug-likeness (QED) is 0.234. The average Bonchev–Trinajstić information content (AvgIpc) is 3.07. The fourth-order valence-corrected chi connectivity index (χ4v) is 5.61. The highest BCUT2D eigenvalue weighted by Gasteiger charge is 2.32. The molecule has 2 heterocycles. The van der Waals surface area contributed by atoms with Crippen molar-refractivity contribution in [3.05, 3.63) is 71.0 Å². The predicted molar refractivity (Wildman–Crippen MR) is 173 cm³/mol. The van der Waals surface area contributed by atoms with Gasteiger partial charge in [0.25, 0.3) is 0 Å². The van der Waals surface area contributed by atoms with Crippen molar-refractivity contribution in [3.8, 4) is 0 Å². The van der Waals surface area contributed by atoms with Gasteiger partial charge in [0, 0.05) is 32.6 Å². The summed E-state index contributed by atoms with van der Waals surface area (Å²) in [6.07, 6.45) is -0.608. The standard InChI is InChI=1S/C34H45FN6O7/c1-21(2)31-34(47)39-28(20-42)33(46)38-27(24-6-8-25(35)9-7-24)17-30(44)37-26(10-11-29(43)40-31)32(45)36-18-22-4-3-5-23(16-22)19-41-12-14-48-15-13-41/h3-9,16,21,26-28,31,42H,10-15,17-20H2,1-2H3,(H,36,45)(H,37,44)(H,38,46)(H,39,47)(H,40,43)/t26-,27+,28-,31+/m0/s1. The van der Waals surface area contributed by atoms with Crippen molar-refractivity contribution in [2.45, 2.75) is 70.4 Å². The second kappa shape index (κ2) is 17.7. The zero-order valence-corrected chi connectivity index (χ0v) is 27.3. The van der Waals surface area contributed by atoms with E-state index in [4.69, 9.17) is 4.74 Å². The van der Waals surface area contributed by atoms with Gasteiger partial charge in [-0.1, -0.05) is 50.2 Å². The van der Waals surface area contributed by atoms with Crippen LogP contribution in [0.4, 0.5) is 4.39 Å². The number of nitrogens with zero attached hydrogens (tertiary/aromatic N) is 1. The molecule has 4 rings (SSSR count). The summed E-state index contributed by atoms with van der Waals surface area (Å²) in [5.41, 5.74) is 2.34. The molecular weight excluding hydrogens is 623 g/mol. The topological polar surface area (TPSA) is 178 Å². The lowest BCUT2D eigenvalue weighted by molar-refractivity contribution is -0.134. The summed E-state index contributed by atoms with van der Waals surface area (Å²) in [6.45, 7) is 6.65. The van der Waals surface area contributed by atoms with Crippen molar-refractivity contribution in [1.82, 2.24) is 31.5 Å². The molecule has 6 N–H and O–H groups in total. The van der Waals surface area contributed by atoms with Crippen LogP contribution < -0.4 is 26.6 Å². The van der Waals surface area contributed by atoms with Crippen LogP contribution in [0.5, 0.6) is 0 Å². The maximum Gasteiger partial charge on any atom is 0.245 e. The Morgan fingerprint density at radius 2 is 1.67 bits per heavy atom. The number of amides is 5. The van der Waals surface area contributed by atoms with Crippen LogP contribution in [-0.4, -0.2) is 90.6 Å². The van der Waals surface area contributed by atoms with Crippen LogP contribution in [0.3, 0.4) is 0 Å². The Hall–Kier alpha value is -4.40. The second-order valence-electron chi connectivity index (χ2n) is 12.4. The van der Waals surface area contributed by atoms with Crippen molar-refractivity contribution in [1.29, 1.82) is 0 Å². The Morgan fingerprint density at radius 1 is 0.958 bits per heavy atom. The molecule has 14 heteroatoms. The molecule has 2 saturated heterocycles. The molecule has 2 aromatic carbocycles. The van der Waals surface area contributed by atoms with Gasteiger partial charge in [-0.2, -0.15) is 0 Å². The Morgan fingerprint density at radius 3 is 2.35 bits per heavy atom. The summed E-state index contributed by atoms with van der Waals surface area (Å²) >= 11 is 0. The summed E-state index contributed by atoms with van der Waals surface area (Å²) in [7, 11) is 0. The van der Waals surface area contributed by atoms with E-state index >= 15 is 0 Å². The maximum absolute atomic E-state index is 13.7. The minimum absolute atomic E-state index is 0.0697. The molecule has 0 aliphatic carbocycles. The average molecular weight is 669 g/mol. The van der Waals surface area contributed by atoms with Crippen LogP contribution in [0, 0.1) is 11.7 Å². The van der Waals surface area contributed by atoms with E-state index in [9.17, 15) is 33.5 Å². The lowest BCUT2D eigenvalue weighted by Crippen LogP contribution is -2.56. The second-order valence-corrected chi connectivity index (χ2v) is 12.4. The van der Waals surface area contributed by atoms with Crippen LogP contribution in [-0.2, 0) is 41.8 Å². The first-order chi connectivity index (χ1) is 23.0. The number of nitrogens with one attached hydrogen (secondary N) is 5. The van der Waals surface area contributed by atoms with E-state index in [1.165, 1.54) is 24.3 Å². The van der Waals surface area contributed by atoms with Gasteiger partial charge in [-0.05, 0) is 41.2 Å². The first kappa shape index (κ1) is 36.4. The Labute approximate surface area is 279 Å². The van der Waals surface area contributed by atoms with Crippen LogP contribution in [0.25, 0.3) is 0 Å². The highest BCUT2D eigenvalue weighted by atomic mass is 19.1. The first-order valence-electron chi connectivity index (χ1n) is 16.2. The number of carbonyl (C=O) groups excluding carboxylic acids is 5. The van der Waals surface area contributed by atoms with E-state index < -0.39 is 66.1 Å². The van der Waals surface area contributed by atoms with Crippen LogP contribution in [0.15, 0.2) is 48.5 Å². The molecule has 0 spiro atoms. The third-order valence-electron chi connectivity index (χ3n) is 8.34. The first-order valence-corrected chi connectivity index (χ1v) is 16.2.